The summed E-state index contributed by atoms with van der Waals surface area (Å²) in [5.41, 5.74) is 8.62. The Kier molecular flexibility index (Phi) is 6.39. The average molecular weight is 504 g/mol. The third kappa shape index (κ3) is 4.44. The molecule has 3 heterocycles. The molecule has 2 aliphatic rings. The van der Waals surface area contributed by atoms with E-state index in [1.54, 1.807) is 0 Å². The van der Waals surface area contributed by atoms with Crippen LogP contribution in [0.5, 0.6) is 0 Å². The number of para-hydroxylation sites is 2. The fourth-order valence-corrected chi connectivity index (χ4v) is 6.05. The number of nitrogens with zero attached hydrogens (tertiary/aromatic N) is 5. The maximum absolute atomic E-state index is 13.6. The number of fused-ring (bicyclic) bond motifs is 3. The summed E-state index contributed by atoms with van der Waals surface area (Å²) in [6, 6.07) is 25.2. The zero-order chi connectivity index (χ0) is 26.2. The van der Waals surface area contributed by atoms with Crippen LogP contribution in [0.3, 0.4) is 0 Å². The van der Waals surface area contributed by atoms with E-state index in [-0.39, 0.29) is 5.91 Å². The highest BCUT2D eigenvalue weighted by Crippen LogP contribution is 2.27. The lowest BCUT2D eigenvalue weighted by Gasteiger charge is -2.36. The van der Waals surface area contributed by atoms with E-state index < -0.39 is 0 Å². The second kappa shape index (κ2) is 10.00. The minimum atomic E-state index is 0.107. The predicted molar refractivity (Wildman–Crippen MR) is 151 cm³/mol. The fourth-order valence-electron chi connectivity index (χ4n) is 6.05. The molecule has 0 spiro atoms. The molecule has 2 aliphatic heterocycles. The summed E-state index contributed by atoms with van der Waals surface area (Å²) in [6.45, 7) is 10.7. The van der Waals surface area contributed by atoms with Gasteiger partial charge in [-0.25, -0.2) is 0 Å². The Morgan fingerprint density at radius 2 is 1.63 bits per heavy atom. The third-order valence-electron chi connectivity index (χ3n) is 8.16. The van der Waals surface area contributed by atoms with Gasteiger partial charge in [-0.1, -0.05) is 36.4 Å². The number of aryl methyl sites for hydroxylation is 2. The molecule has 0 radical (unpaired) electrons. The van der Waals surface area contributed by atoms with E-state index in [1.807, 2.05) is 36.1 Å². The zero-order valence-electron chi connectivity index (χ0n) is 22.2. The molecule has 6 rings (SSSR count). The van der Waals surface area contributed by atoms with Crippen LogP contribution in [-0.2, 0) is 19.6 Å². The lowest BCUT2D eigenvalue weighted by molar-refractivity contribution is 0.0745. The number of carbonyl (C=O) groups excluding carboxylic acids is 1. The van der Waals surface area contributed by atoms with Gasteiger partial charge < -0.3 is 14.4 Å². The lowest BCUT2D eigenvalue weighted by atomic mass is 9.98. The lowest BCUT2D eigenvalue weighted by Crippen LogP contribution is -2.49. The SMILES string of the molecule is Cc1cc(C)c(C(=O)N2CCN(c3ccccc3C#N)CC2)cc1CN1CCn2c(cc3ccccc32)C1. The van der Waals surface area contributed by atoms with Gasteiger partial charge in [-0.05, 0) is 66.3 Å². The van der Waals surface area contributed by atoms with E-state index >= 15 is 0 Å². The molecule has 192 valence electrons. The van der Waals surface area contributed by atoms with E-state index in [2.05, 4.69) is 69.8 Å². The first-order valence-corrected chi connectivity index (χ1v) is 13.4. The molecule has 0 atom stereocenters. The number of amides is 1. The van der Waals surface area contributed by atoms with Crippen molar-refractivity contribution in [3.8, 4) is 6.07 Å². The van der Waals surface area contributed by atoms with Gasteiger partial charge in [0.05, 0.1) is 11.3 Å². The van der Waals surface area contributed by atoms with Crippen LogP contribution >= 0.6 is 0 Å². The van der Waals surface area contributed by atoms with Crippen LogP contribution in [0.4, 0.5) is 5.69 Å². The second-order valence-corrected chi connectivity index (χ2v) is 10.6. The molecule has 1 aromatic heterocycles. The van der Waals surface area contributed by atoms with Crippen molar-refractivity contribution >= 4 is 22.5 Å². The minimum Gasteiger partial charge on any atom is -0.367 e. The zero-order valence-corrected chi connectivity index (χ0v) is 22.2. The molecule has 38 heavy (non-hydrogen) atoms. The first-order chi connectivity index (χ1) is 18.5. The van der Waals surface area contributed by atoms with Gasteiger partial charge in [-0.15, -0.1) is 0 Å². The molecule has 3 aromatic carbocycles. The van der Waals surface area contributed by atoms with Crippen molar-refractivity contribution in [3.05, 3.63) is 100 Å². The van der Waals surface area contributed by atoms with Crippen LogP contribution in [0.1, 0.15) is 38.3 Å². The van der Waals surface area contributed by atoms with Crippen molar-refractivity contribution in [2.75, 3.05) is 37.6 Å². The summed E-state index contributed by atoms with van der Waals surface area (Å²) >= 11 is 0. The summed E-state index contributed by atoms with van der Waals surface area (Å²) < 4.78 is 2.44. The van der Waals surface area contributed by atoms with Gasteiger partial charge in [-0.2, -0.15) is 5.26 Å². The van der Waals surface area contributed by atoms with Crippen LogP contribution in [0.15, 0.2) is 66.7 Å². The molecule has 0 unspecified atom stereocenters. The number of aromatic nitrogens is 1. The highest BCUT2D eigenvalue weighted by molar-refractivity contribution is 5.96. The van der Waals surface area contributed by atoms with Gasteiger partial charge in [0.25, 0.3) is 5.91 Å². The molecular formula is C32H33N5O. The molecule has 6 nitrogen and oxygen atoms in total. The molecular weight excluding hydrogens is 470 g/mol. The van der Waals surface area contributed by atoms with Crippen molar-refractivity contribution in [1.82, 2.24) is 14.4 Å². The molecule has 0 bridgehead atoms. The first kappa shape index (κ1) is 24.3. The predicted octanol–water partition coefficient (Wildman–Crippen LogP) is 5.11. The maximum atomic E-state index is 13.6. The molecule has 1 fully saturated rings. The van der Waals surface area contributed by atoms with Gasteiger partial charge in [0, 0.05) is 69.1 Å². The average Bonchev–Trinajstić information content (AvgIpc) is 3.32. The standard InChI is InChI=1S/C32H33N5O/c1-23-17-24(2)29(32(38)36-14-12-35(13-15-36)30-9-5-4-8-26(30)20-33)19-27(23)21-34-11-16-37-28(22-34)18-25-7-3-6-10-31(25)37/h3-10,17-19H,11-16,21-22H2,1-2H3. The van der Waals surface area contributed by atoms with Crippen molar-refractivity contribution in [3.63, 3.8) is 0 Å². The molecule has 1 amide bonds. The topological polar surface area (TPSA) is 55.5 Å². The monoisotopic (exact) mass is 503 g/mol. The van der Waals surface area contributed by atoms with Crippen molar-refractivity contribution < 1.29 is 4.79 Å². The molecule has 0 aliphatic carbocycles. The van der Waals surface area contributed by atoms with Gasteiger partial charge in [0.15, 0.2) is 0 Å². The number of piperazine rings is 1. The molecule has 4 aromatic rings. The largest absolute Gasteiger partial charge is 0.367 e. The Hall–Kier alpha value is -4.08. The van der Waals surface area contributed by atoms with Gasteiger partial charge >= 0.3 is 0 Å². The molecule has 0 saturated carbocycles. The Balaban J connectivity index is 1.16. The van der Waals surface area contributed by atoms with Gasteiger partial charge in [-0.3, -0.25) is 9.69 Å². The second-order valence-electron chi connectivity index (χ2n) is 10.6. The minimum absolute atomic E-state index is 0.107. The van der Waals surface area contributed by atoms with E-state index in [0.717, 1.165) is 56.1 Å². The van der Waals surface area contributed by atoms with Crippen molar-refractivity contribution in [2.45, 2.75) is 33.5 Å². The number of hydrogen-bond acceptors (Lipinski definition) is 4. The summed E-state index contributed by atoms with van der Waals surface area (Å²) in [6.07, 6.45) is 0. The van der Waals surface area contributed by atoms with Crippen LogP contribution < -0.4 is 4.90 Å². The number of anilines is 1. The molecule has 6 heteroatoms. The number of nitriles is 1. The number of hydrogen-bond donors (Lipinski definition) is 0. The highest BCUT2D eigenvalue weighted by atomic mass is 16.2. The Bertz CT molecular complexity index is 1550. The highest BCUT2D eigenvalue weighted by Gasteiger charge is 2.26. The number of benzene rings is 3. The summed E-state index contributed by atoms with van der Waals surface area (Å²) in [5, 5.41) is 10.8. The molecule has 0 N–H and O–H groups in total. The summed E-state index contributed by atoms with van der Waals surface area (Å²) in [7, 11) is 0. The fraction of sp³-hybridized carbons (Fsp3) is 0.312. The first-order valence-electron chi connectivity index (χ1n) is 13.4. The summed E-state index contributed by atoms with van der Waals surface area (Å²) in [4.78, 5) is 20.3. The van der Waals surface area contributed by atoms with E-state index in [0.29, 0.717) is 18.7 Å². The maximum Gasteiger partial charge on any atom is 0.254 e. The van der Waals surface area contributed by atoms with E-state index in [4.69, 9.17) is 0 Å². The quantitative estimate of drug-likeness (QED) is 0.389. The third-order valence-corrected chi connectivity index (χ3v) is 8.16. The molecule has 1 saturated heterocycles. The van der Waals surface area contributed by atoms with Crippen LogP contribution in [-0.4, -0.2) is 53.0 Å². The Morgan fingerprint density at radius 1 is 0.868 bits per heavy atom. The number of carbonyl (C=O) groups is 1. The Labute approximate surface area is 224 Å². The summed E-state index contributed by atoms with van der Waals surface area (Å²) in [5.74, 6) is 0.107. The normalized spacial score (nSPS) is 15.9. The van der Waals surface area contributed by atoms with Crippen LogP contribution in [0.25, 0.3) is 10.9 Å². The van der Waals surface area contributed by atoms with Crippen LogP contribution in [0, 0.1) is 25.2 Å². The van der Waals surface area contributed by atoms with Crippen molar-refractivity contribution in [1.29, 1.82) is 5.26 Å². The van der Waals surface area contributed by atoms with Crippen LogP contribution in [0.2, 0.25) is 0 Å². The smallest absolute Gasteiger partial charge is 0.254 e. The van der Waals surface area contributed by atoms with Crippen molar-refractivity contribution in [2.24, 2.45) is 0 Å². The van der Waals surface area contributed by atoms with E-state index in [9.17, 15) is 10.1 Å². The Morgan fingerprint density at radius 3 is 2.45 bits per heavy atom. The van der Waals surface area contributed by atoms with Gasteiger partial charge in [0.2, 0.25) is 0 Å². The number of rotatable bonds is 4. The van der Waals surface area contributed by atoms with E-state index in [1.165, 1.54) is 27.7 Å². The van der Waals surface area contributed by atoms with Gasteiger partial charge in [0.1, 0.15) is 6.07 Å².